The monoisotopic (exact) mass is 283 g/mol. The molecule has 3 atom stereocenters. The fourth-order valence-corrected chi connectivity index (χ4v) is 3.60. The fraction of sp³-hybridized carbons (Fsp3) is 0.867. The molecule has 2 N–H and O–H groups in total. The SMILES string of the molecule is CC(C)(C)OC(=O)NC1CCC2(C(=O)O)CCCC1C2. The molecule has 0 aromatic rings. The highest BCUT2D eigenvalue weighted by molar-refractivity contribution is 5.75. The van der Waals surface area contributed by atoms with E-state index in [0.717, 1.165) is 25.7 Å². The van der Waals surface area contributed by atoms with Crippen LogP contribution in [-0.4, -0.2) is 28.8 Å². The molecule has 5 heteroatoms. The van der Waals surface area contributed by atoms with Crippen LogP contribution in [0.5, 0.6) is 0 Å². The molecule has 114 valence electrons. The van der Waals surface area contributed by atoms with Crippen LogP contribution >= 0.6 is 0 Å². The normalized spacial score (nSPS) is 33.4. The molecule has 2 saturated carbocycles. The molecule has 1 amide bonds. The molecule has 0 saturated heterocycles. The number of amides is 1. The van der Waals surface area contributed by atoms with Gasteiger partial charge in [-0.2, -0.15) is 0 Å². The maximum Gasteiger partial charge on any atom is 0.407 e. The number of alkyl carbamates (subject to hydrolysis) is 1. The third-order valence-corrected chi connectivity index (χ3v) is 4.54. The zero-order valence-electron chi connectivity index (χ0n) is 12.6. The van der Waals surface area contributed by atoms with Gasteiger partial charge in [-0.1, -0.05) is 6.42 Å². The van der Waals surface area contributed by atoms with Crippen LogP contribution in [0.3, 0.4) is 0 Å². The number of carbonyl (C=O) groups is 2. The van der Waals surface area contributed by atoms with E-state index in [4.69, 9.17) is 4.74 Å². The highest BCUT2D eigenvalue weighted by atomic mass is 16.6. The molecule has 3 unspecified atom stereocenters. The predicted molar refractivity (Wildman–Crippen MR) is 74.4 cm³/mol. The minimum absolute atomic E-state index is 0.0534. The first-order valence-corrected chi connectivity index (χ1v) is 7.45. The van der Waals surface area contributed by atoms with Crippen LogP contribution in [0.1, 0.15) is 59.3 Å². The van der Waals surface area contributed by atoms with Gasteiger partial charge in [0.15, 0.2) is 0 Å². The van der Waals surface area contributed by atoms with Crippen molar-refractivity contribution >= 4 is 12.1 Å². The van der Waals surface area contributed by atoms with E-state index in [1.807, 2.05) is 20.8 Å². The van der Waals surface area contributed by atoms with Crippen LogP contribution in [0.4, 0.5) is 4.79 Å². The lowest BCUT2D eigenvalue weighted by Gasteiger charge is -2.46. The maximum absolute atomic E-state index is 11.9. The number of hydrogen-bond acceptors (Lipinski definition) is 3. The number of ether oxygens (including phenoxy) is 1. The molecule has 0 heterocycles. The highest BCUT2D eigenvalue weighted by Crippen LogP contribution is 2.49. The van der Waals surface area contributed by atoms with Crippen molar-refractivity contribution in [3.63, 3.8) is 0 Å². The molecule has 2 fully saturated rings. The molecule has 0 aliphatic heterocycles. The minimum Gasteiger partial charge on any atom is -0.481 e. The Balaban J connectivity index is 1.96. The number of carboxylic acids is 1. The van der Waals surface area contributed by atoms with E-state index >= 15 is 0 Å². The van der Waals surface area contributed by atoms with Gasteiger partial charge >= 0.3 is 12.1 Å². The molecule has 2 aliphatic carbocycles. The Bertz CT molecular complexity index is 401. The Morgan fingerprint density at radius 1 is 1.25 bits per heavy atom. The minimum atomic E-state index is -0.669. The third-order valence-electron chi connectivity index (χ3n) is 4.54. The Labute approximate surface area is 120 Å². The van der Waals surface area contributed by atoms with Gasteiger partial charge < -0.3 is 15.2 Å². The van der Waals surface area contributed by atoms with Crippen molar-refractivity contribution in [2.75, 3.05) is 0 Å². The number of carboxylic acid groups (broad SMARTS) is 1. The number of fused-ring (bicyclic) bond motifs is 2. The first-order valence-electron chi connectivity index (χ1n) is 7.45. The van der Waals surface area contributed by atoms with Crippen molar-refractivity contribution in [3.05, 3.63) is 0 Å². The molecule has 0 radical (unpaired) electrons. The van der Waals surface area contributed by atoms with Gasteiger partial charge in [-0.15, -0.1) is 0 Å². The van der Waals surface area contributed by atoms with Gasteiger partial charge in [0.1, 0.15) is 5.60 Å². The van der Waals surface area contributed by atoms with E-state index < -0.39 is 23.1 Å². The smallest absolute Gasteiger partial charge is 0.407 e. The zero-order valence-corrected chi connectivity index (χ0v) is 12.6. The molecule has 2 bridgehead atoms. The van der Waals surface area contributed by atoms with Crippen LogP contribution < -0.4 is 5.32 Å². The highest BCUT2D eigenvalue weighted by Gasteiger charge is 2.48. The second-order valence-electron chi connectivity index (χ2n) is 7.23. The quantitative estimate of drug-likeness (QED) is 0.817. The molecule has 5 nitrogen and oxygen atoms in total. The summed E-state index contributed by atoms with van der Waals surface area (Å²) in [5.41, 5.74) is -1.05. The summed E-state index contributed by atoms with van der Waals surface area (Å²) in [6.07, 6.45) is 4.38. The number of rotatable bonds is 2. The standard InChI is InChI=1S/C15H25NO4/c1-14(2,3)20-13(19)16-11-6-8-15(12(17)18)7-4-5-10(11)9-15/h10-11H,4-9H2,1-3H3,(H,16,19)(H,17,18). The average molecular weight is 283 g/mol. The predicted octanol–water partition coefficient (Wildman–Crippen LogP) is 2.93. The summed E-state index contributed by atoms with van der Waals surface area (Å²) in [5, 5.41) is 12.4. The Morgan fingerprint density at radius 2 is 1.95 bits per heavy atom. The Kier molecular flexibility index (Phi) is 3.98. The molecular formula is C15H25NO4. The van der Waals surface area contributed by atoms with Gasteiger partial charge in [0.25, 0.3) is 0 Å². The lowest BCUT2D eigenvalue weighted by molar-refractivity contribution is -0.155. The molecule has 20 heavy (non-hydrogen) atoms. The van der Waals surface area contributed by atoms with E-state index in [1.54, 1.807) is 0 Å². The third kappa shape index (κ3) is 3.25. The van der Waals surface area contributed by atoms with Crippen LogP contribution in [0, 0.1) is 11.3 Å². The van der Waals surface area contributed by atoms with Crippen molar-refractivity contribution in [3.8, 4) is 0 Å². The summed E-state index contributed by atoms with van der Waals surface area (Å²) < 4.78 is 5.28. The first-order chi connectivity index (χ1) is 9.22. The number of carbonyl (C=O) groups excluding carboxylic acids is 1. The summed E-state index contributed by atoms with van der Waals surface area (Å²) in [4.78, 5) is 23.3. The van der Waals surface area contributed by atoms with Crippen molar-refractivity contribution in [1.29, 1.82) is 0 Å². The van der Waals surface area contributed by atoms with E-state index in [-0.39, 0.29) is 12.0 Å². The Hall–Kier alpha value is -1.26. The van der Waals surface area contributed by atoms with Crippen LogP contribution in [-0.2, 0) is 9.53 Å². The number of aliphatic carboxylic acids is 1. The topological polar surface area (TPSA) is 75.6 Å². The van der Waals surface area contributed by atoms with Gasteiger partial charge in [-0.3, -0.25) is 4.79 Å². The van der Waals surface area contributed by atoms with E-state index in [9.17, 15) is 14.7 Å². The van der Waals surface area contributed by atoms with Gasteiger partial charge in [0.2, 0.25) is 0 Å². The second-order valence-corrected chi connectivity index (χ2v) is 7.23. The zero-order chi connectivity index (χ0) is 15.0. The van der Waals surface area contributed by atoms with Crippen molar-refractivity contribution in [2.24, 2.45) is 11.3 Å². The van der Waals surface area contributed by atoms with E-state index in [2.05, 4.69) is 5.32 Å². The first kappa shape index (κ1) is 15.1. The maximum atomic E-state index is 11.9. The molecule has 2 rings (SSSR count). The summed E-state index contributed by atoms with van der Waals surface area (Å²) in [7, 11) is 0. The van der Waals surface area contributed by atoms with E-state index in [0.29, 0.717) is 12.8 Å². The molecule has 0 aromatic heterocycles. The van der Waals surface area contributed by atoms with Crippen LogP contribution in [0.25, 0.3) is 0 Å². The lowest BCUT2D eigenvalue weighted by atomic mass is 9.60. The van der Waals surface area contributed by atoms with Crippen molar-refractivity contribution in [1.82, 2.24) is 5.32 Å². The number of nitrogens with one attached hydrogen (secondary N) is 1. The molecule has 0 aromatic carbocycles. The Morgan fingerprint density at radius 3 is 2.55 bits per heavy atom. The number of hydrogen-bond donors (Lipinski definition) is 2. The molecule has 0 spiro atoms. The van der Waals surface area contributed by atoms with Gasteiger partial charge in [0, 0.05) is 6.04 Å². The summed E-state index contributed by atoms with van der Waals surface area (Å²) >= 11 is 0. The summed E-state index contributed by atoms with van der Waals surface area (Å²) in [5.74, 6) is -0.404. The van der Waals surface area contributed by atoms with Crippen molar-refractivity contribution in [2.45, 2.75) is 70.9 Å². The van der Waals surface area contributed by atoms with Crippen LogP contribution in [0.15, 0.2) is 0 Å². The fourth-order valence-electron chi connectivity index (χ4n) is 3.60. The summed E-state index contributed by atoms with van der Waals surface area (Å²) in [6.45, 7) is 5.51. The van der Waals surface area contributed by atoms with Crippen molar-refractivity contribution < 1.29 is 19.4 Å². The van der Waals surface area contributed by atoms with Gasteiger partial charge in [0.05, 0.1) is 5.41 Å². The van der Waals surface area contributed by atoms with Crippen LogP contribution in [0.2, 0.25) is 0 Å². The average Bonchev–Trinajstić information content (AvgIpc) is 2.31. The lowest BCUT2D eigenvalue weighted by Crippen LogP contribution is -2.51. The largest absolute Gasteiger partial charge is 0.481 e. The molecular weight excluding hydrogens is 258 g/mol. The van der Waals surface area contributed by atoms with E-state index in [1.165, 1.54) is 0 Å². The molecule has 2 aliphatic rings. The van der Waals surface area contributed by atoms with Gasteiger partial charge in [-0.25, -0.2) is 4.79 Å². The summed E-state index contributed by atoms with van der Waals surface area (Å²) in [6, 6.07) is 0.0534. The second kappa shape index (κ2) is 5.26. The van der Waals surface area contributed by atoms with Gasteiger partial charge in [-0.05, 0) is 58.8 Å².